The topological polar surface area (TPSA) is 29.9 Å². The number of nitrogens with one attached hydrogen (secondary N) is 1. The summed E-state index contributed by atoms with van der Waals surface area (Å²) in [5.74, 6) is 0.992. The van der Waals surface area contributed by atoms with E-state index in [1.807, 2.05) is 6.07 Å². The second kappa shape index (κ2) is 4.62. The number of fused-ring (bicyclic) bond motifs is 3. The van der Waals surface area contributed by atoms with Crippen LogP contribution >= 0.6 is 0 Å². The van der Waals surface area contributed by atoms with E-state index in [4.69, 9.17) is 4.98 Å². The maximum absolute atomic E-state index is 4.73. The lowest BCUT2D eigenvalue weighted by molar-refractivity contribution is 0.543. The summed E-state index contributed by atoms with van der Waals surface area (Å²) in [6, 6.07) is 15.6. The molecule has 1 N–H and O–H groups in total. The van der Waals surface area contributed by atoms with Gasteiger partial charge >= 0.3 is 0 Å². The van der Waals surface area contributed by atoms with Crippen LogP contribution < -0.4 is 5.32 Å². The Morgan fingerprint density at radius 1 is 1.10 bits per heavy atom. The lowest BCUT2D eigenvalue weighted by Crippen LogP contribution is -2.23. The van der Waals surface area contributed by atoms with Gasteiger partial charge in [0, 0.05) is 6.54 Å². The van der Waals surface area contributed by atoms with Gasteiger partial charge in [-0.2, -0.15) is 0 Å². The number of imidazole rings is 1. The smallest absolute Gasteiger partial charge is 0.204 e. The summed E-state index contributed by atoms with van der Waals surface area (Å²) >= 11 is 0. The van der Waals surface area contributed by atoms with Crippen molar-refractivity contribution >= 4 is 17.0 Å². The molecule has 1 aliphatic heterocycles. The Balaban J connectivity index is 1.93. The van der Waals surface area contributed by atoms with Crippen LogP contribution in [-0.4, -0.2) is 16.1 Å². The van der Waals surface area contributed by atoms with Gasteiger partial charge in [0.1, 0.15) is 0 Å². The molecule has 1 aromatic heterocycles. The maximum Gasteiger partial charge on any atom is 0.204 e. The van der Waals surface area contributed by atoms with E-state index in [2.05, 4.69) is 60.1 Å². The molecule has 0 amide bonds. The molecule has 0 aliphatic carbocycles. The zero-order valence-corrected chi connectivity index (χ0v) is 12.4. The average molecular weight is 277 g/mol. The second-order valence-electron chi connectivity index (χ2n) is 5.95. The lowest BCUT2D eigenvalue weighted by Gasteiger charge is -2.27. The molecule has 0 saturated heterocycles. The molecule has 106 valence electrons. The summed E-state index contributed by atoms with van der Waals surface area (Å²) in [6.45, 7) is 5.32. The third-order valence-electron chi connectivity index (χ3n) is 4.24. The number of hydrogen-bond donors (Lipinski definition) is 1. The van der Waals surface area contributed by atoms with E-state index in [0.717, 1.165) is 24.4 Å². The summed E-state index contributed by atoms with van der Waals surface area (Å²) < 4.78 is 2.35. The number of nitrogens with zero attached hydrogens (tertiary/aromatic N) is 2. The third-order valence-corrected chi connectivity index (χ3v) is 4.24. The van der Waals surface area contributed by atoms with Gasteiger partial charge in [-0.1, -0.05) is 41.5 Å². The highest BCUT2D eigenvalue weighted by Gasteiger charge is 2.24. The Morgan fingerprint density at radius 2 is 1.86 bits per heavy atom. The van der Waals surface area contributed by atoms with Crippen molar-refractivity contribution in [1.29, 1.82) is 0 Å². The van der Waals surface area contributed by atoms with Crippen LogP contribution in [0.1, 0.15) is 29.2 Å². The molecule has 3 heteroatoms. The van der Waals surface area contributed by atoms with Gasteiger partial charge in [-0.3, -0.25) is 0 Å². The molecule has 4 rings (SSSR count). The molecule has 2 heterocycles. The van der Waals surface area contributed by atoms with Crippen LogP contribution in [0.25, 0.3) is 11.0 Å². The van der Waals surface area contributed by atoms with E-state index >= 15 is 0 Å². The molecule has 0 saturated carbocycles. The van der Waals surface area contributed by atoms with Crippen molar-refractivity contribution in [2.45, 2.75) is 26.3 Å². The standard InChI is InChI=1S/C18H19N3/c1-12-9-13(2)11-14(10-12)16-7-8-19-18-20-15-5-3-4-6-17(15)21(16)18/h3-6,9-11,16H,7-8H2,1-2H3,(H,19,20). The van der Waals surface area contributed by atoms with E-state index in [9.17, 15) is 0 Å². The van der Waals surface area contributed by atoms with Crippen molar-refractivity contribution < 1.29 is 0 Å². The summed E-state index contributed by atoms with van der Waals surface area (Å²) in [5.41, 5.74) is 6.32. The Labute approximate surface area is 124 Å². The van der Waals surface area contributed by atoms with Crippen molar-refractivity contribution in [1.82, 2.24) is 9.55 Å². The minimum absolute atomic E-state index is 0.368. The molecule has 3 aromatic rings. The van der Waals surface area contributed by atoms with Gasteiger partial charge in [0.2, 0.25) is 5.95 Å². The van der Waals surface area contributed by atoms with Crippen LogP contribution in [0.4, 0.5) is 5.95 Å². The fourth-order valence-corrected chi connectivity index (χ4v) is 3.45. The maximum atomic E-state index is 4.73. The molecule has 0 bridgehead atoms. The average Bonchev–Trinajstić information content (AvgIpc) is 2.84. The molecule has 1 unspecified atom stereocenters. The van der Waals surface area contributed by atoms with Crippen molar-refractivity contribution in [2.75, 3.05) is 11.9 Å². The molecule has 21 heavy (non-hydrogen) atoms. The number of hydrogen-bond acceptors (Lipinski definition) is 2. The Kier molecular flexibility index (Phi) is 2.74. The third kappa shape index (κ3) is 2.00. The predicted octanol–water partition coefficient (Wildman–Crippen LogP) is 4.06. The number of aryl methyl sites for hydroxylation is 2. The Morgan fingerprint density at radius 3 is 2.67 bits per heavy atom. The van der Waals surface area contributed by atoms with Gasteiger partial charge in [0.05, 0.1) is 17.1 Å². The predicted molar refractivity (Wildman–Crippen MR) is 86.9 cm³/mol. The molecule has 1 aliphatic rings. The van der Waals surface area contributed by atoms with Crippen LogP contribution in [0, 0.1) is 13.8 Å². The van der Waals surface area contributed by atoms with Gasteiger partial charge < -0.3 is 9.88 Å². The fourth-order valence-electron chi connectivity index (χ4n) is 3.45. The Bertz CT molecular complexity index is 796. The van der Waals surface area contributed by atoms with Crippen LogP contribution in [0.2, 0.25) is 0 Å². The SMILES string of the molecule is Cc1cc(C)cc(C2CCNc3nc4ccccc4n32)c1. The van der Waals surface area contributed by atoms with Crippen molar-refractivity contribution in [2.24, 2.45) is 0 Å². The normalized spacial score (nSPS) is 17.5. The number of anilines is 1. The molecule has 0 spiro atoms. The summed E-state index contributed by atoms with van der Waals surface area (Å²) in [5, 5.41) is 3.43. The zero-order chi connectivity index (χ0) is 14.4. The van der Waals surface area contributed by atoms with Gasteiger partial charge in [-0.05, 0) is 38.0 Å². The van der Waals surface area contributed by atoms with Crippen LogP contribution in [0.15, 0.2) is 42.5 Å². The van der Waals surface area contributed by atoms with Crippen molar-refractivity contribution in [3.8, 4) is 0 Å². The first-order valence-electron chi connectivity index (χ1n) is 7.51. The number of para-hydroxylation sites is 2. The number of aromatic nitrogens is 2. The molecule has 2 aromatic carbocycles. The second-order valence-corrected chi connectivity index (χ2v) is 5.95. The molecule has 0 radical (unpaired) electrons. The summed E-state index contributed by atoms with van der Waals surface area (Å²) in [4.78, 5) is 4.73. The lowest BCUT2D eigenvalue weighted by atomic mass is 9.98. The van der Waals surface area contributed by atoms with E-state index in [-0.39, 0.29) is 0 Å². The number of rotatable bonds is 1. The van der Waals surface area contributed by atoms with Gasteiger partial charge in [0.25, 0.3) is 0 Å². The van der Waals surface area contributed by atoms with Gasteiger partial charge in [-0.25, -0.2) is 4.98 Å². The Hall–Kier alpha value is -2.29. The van der Waals surface area contributed by atoms with E-state index in [0.29, 0.717) is 6.04 Å². The molecule has 3 nitrogen and oxygen atoms in total. The van der Waals surface area contributed by atoms with Crippen LogP contribution in [0.5, 0.6) is 0 Å². The largest absolute Gasteiger partial charge is 0.356 e. The minimum Gasteiger partial charge on any atom is -0.356 e. The first-order chi connectivity index (χ1) is 10.2. The summed E-state index contributed by atoms with van der Waals surface area (Å²) in [6.07, 6.45) is 1.09. The van der Waals surface area contributed by atoms with Gasteiger partial charge in [-0.15, -0.1) is 0 Å². The van der Waals surface area contributed by atoms with Crippen LogP contribution in [0.3, 0.4) is 0 Å². The highest BCUT2D eigenvalue weighted by Crippen LogP contribution is 2.34. The molecular formula is C18H19N3. The summed E-state index contributed by atoms with van der Waals surface area (Å²) in [7, 11) is 0. The van der Waals surface area contributed by atoms with Crippen LogP contribution in [-0.2, 0) is 0 Å². The van der Waals surface area contributed by atoms with Crippen molar-refractivity contribution in [3.63, 3.8) is 0 Å². The fraction of sp³-hybridized carbons (Fsp3) is 0.278. The number of benzene rings is 2. The highest BCUT2D eigenvalue weighted by molar-refractivity contribution is 5.79. The monoisotopic (exact) mass is 277 g/mol. The quantitative estimate of drug-likeness (QED) is 0.727. The molecule has 0 fully saturated rings. The van der Waals surface area contributed by atoms with Gasteiger partial charge in [0.15, 0.2) is 0 Å². The van der Waals surface area contributed by atoms with Crippen molar-refractivity contribution in [3.05, 3.63) is 59.2 Å². The van der Waals surface area contributed by atoms with E-state index in [1.54, 1.807) is 0 Å². The molecule has 1 atom stereocenters. The van der Waals surface area contributed by atoms with E-state index < -0.39 is 0 Å². The minimum atomic E-state index is 0.368. The van der Waals surface area contributed by atoms with E-state index in [1.165, 1.54) is 22.2 Å². The first kappa shape index (κ1) is 12.5. The first-order valence-corrected chi connectivity index (χ1v) is 7.51. The zero-order valence-electron chi connectivity index (χ0n) is 12.4. The highest BCUT2D eigenvalue weighted by atomic mass is 15.2. The molecular weight excluding hydrogens is 258 g/mol.